The van der Waals surface area contributed by atoms with Gasteiger partial charge in [-0.05, 0) is 19.9 Å². The quantitative estimate of drug-likeness (QED) is 0.675. The van der Waals surface area contributed by atoms with Crippen molar-refractivity contribution < 1.29 is 5.11 Å². The largest absolute Gasteiger partial charge is 0.390 e. The molecule has 1 unspecified atom stereocenters. The van der Waals surface area contributed by atoms with Gasteiger partial charge >= 0.3 is 0 Å². The molecule has 0 bridgehead atoms. The first-order chi connectivity index (χ1) is 6.24. The number of nitrogens with zero attached hydrogens (tertiary/aromatic N) is 1. The third kappa shape index (κ3) is 3.63. The third-order valence-electron chi connectivity index (χ3n) is 2.97. The molecule has 78 valence electrons. The second kappa shape index (κ2) is 5.58. The van der Waals surface area contributed by atoms with E-state index >= 15 is 0 Å². The van der Waals surface area contributed by atoms with Crippen molar-refractivity contribution in [3.63, 3.8) is 0 Å². The first-order valence-electron chi connectivity index (χ1n) is 5.32. The molecule has 0 aromatic carbocycles. The number of aliphatic hydroxyl groups is 1. The van der Waals surface area contributed by atoms with Crippen LogP contribution in [0.5, 0.6) is 0 Å². The summed E-state index contributed by atoms with van der Waals surface area (Å²) in [6.07, 6.45) is 6.28. The highest BCUT2D eigenvalue weighted by atomic mass is 16.3. The van der Waals surface area contributed by atoms with Crippen molar-refractivity contribution in [2.24, 2.45) is 5.73 Å². The molecule has 3 nitrogen and oxygen atoms in total. The Labute approximate surface area is 80.9 Å². The van der Waals surface area contributed by atoms with Gasteiger partial charge in [0.1, 0.15) is 0 Å². The molecule has 1 aliphatic carbocycles. The molecule has 0 spiro atoms. The number of rotatable bonds is 4. The molecule has 0 radical (unpaired) electrons. The van der Waals surface area contributed by atoms with Gasteiger partial charge in [-0.1, -0.05) is 19.3 Å². The predicted octanol–water partition coefficient (Wildman–Crippen LogP) is 0.570. The number of aliphatic hydroxyl groups excluding tert-OH is 1. The first kappa shape index (κ1) is 11.0. The average Bonchev–Trinajstić information content (AvgIpc) is 2.19. The summed E-state index contributed by atoms with van der Waals surface area (Å²) in [4.78, 5) is 2.26. The Morgan fingerprint density at radius 1 is 1.38 bits per heavy atom. The Morgan fingerprint density at radius 2 is 2.00 bits per heavy atom. The molecule has 1 fully saturated rings. The van der Waals surface area contributed by atoms with E-state index in [9.17, 15) is 5.11 Å². The van der Waals surface area contributed by atoms with Crippen molar-refractivity contribution in [1.29, 1.82) is 0 Å². The van der Waals surface area contributed by atoms with E-state index in [1.54, 1.807) is 0 Å². The normalized spacial score (nSPS) is 22.2. The molecular formula is C10H22N2O. The Bertz CT molecular complexity index is 135. The summed E-state index contributed by atoms with van der Waals surface area (Å²) in [5.74, 6) is 0. The summed E-state index contributed by atoms with van der Waals surface area (Å²) in [6.45, 7) is 1.10. The molecule has 1 rings (SSSR count). The van der Waals surface area contributed by atoms with Crippen molar-refractivity contribution in [2.75, 3.05) is 20.1 Å². The fraction of sp³-hybridized carbons (Fsp3) is 1.00. The zero-order chi connectivity index (χ0) is 9.68. The Kier molecular flexibility index (Phi) is 4.70. The van der Waals surface area contributed by atoms with Gasteiger partial charge < -0.3 is 15.7 Å². The Hall–Kier alpha value is -0.120. The summed E-state index contributed by atoms with van der Waals surface area (Å²) in [5.41, 5.74) is 5.37. The molecule has 0 amide bonds. The van der Waals surface area contributed by atoms with Crippen LogP contribution in [-0.2, 0) is 0 Å². The lowest BCUT2D eigenvalue weighted by molar-refractivity contribution is 0.0963. The van der Waals surface area contributed by atoms with E-state index in [2.05, 4.69) is 11.9 Å². The van der Waals surface area contributed by atoms with Gasteiger partial charge in [-0.25, -0.2) is 0 Å². The van der Waals surface area contributed by atoms with Gasteiger partial charge in [0, 0.05) is 19.1 Å². The van der Waals surface area contributed by atoms with Crippen LogP contribution in [0.4, 0.5) is 0 Å². The van der Waals surface area contributed by atoms with Crippen LogP contribution in [0, 0.1) is 0 Å². The van der Waals surface area contributed by atoms with Crippen LogP contribution in [0.15, 0.2) is 0 Å². The number of hydrogen-bond donors (Lipinski definition) is 2. The second-order valence-electron chi connectivity index (χ2n) is 4.12. The molecule has 0 aromatic heterocycles. The van der Waals surface area contributed by atoms with Crippen molar-refractivity contribution in [2.45, 2.75) is 44.2 Å². The molecule has 0 heterocycles. The average molecular weight is 186 g/mol. The van der Waals surface area contributed by atoms with Crippen LogP contribution in [0.1, 0.15) is 32.1 Å². The zero-order valence-electron chi connectivity index (χ0n) is 8.58. The highest BCUT2D eigenvalue weighted by molar-refractivity contribution is 4.75. The lowest BCUT2D eigenvalue weighted by atomic mass is 9.94. The van der Waals surface area contributed by atoms with Crippen molar-refractivity contribution >= 4 is 0 Å². The van der Waals surface area contributed by atoms with Gasteiger partial charge in [0.05, 0.1) is 6.10 Å². The Morgan fingerprint density at radius 3 is 2.54 bits per heavy atom. The Balaban J connectivity index is 2.24. The topological polar surface area (TPSA) is 49.5 Å². The van der Waals surface area contributed by atoms with E-state index in [0.717, 1.165) is 6.54 Å². The van der Waals surface area contributed by atoms with E-state index < -0.39 is 0 Å². The van der Waals surface area contributed by atoms with E-state index in [-0.39, 0.29) is 6.10 Å². The summed E-state index contributed by atoms with van der Waals surface area (Å²) < 4.78 is 0. The predicted molar refractivity (Wildman–Crippen MR) is 54.6 cm³/mol. The molecule has 0 aromatic rings. The summed E-state index contributed by atoms with van der Waals surface area (Å²) >= 11 is 0. The molecule has 1 aliphatic rings. The molecule has 13 heavy (non-hydrogen) atoms. The fourth-order valence-corrected chi connectivity index (χ4v) is 2.08. The monoisotopic (exact) mass is 186 g/mol. The lowest BCUT2D eigenvalue weighted by Crippen LogP contribution is -2.41. The molecule has 0 aliphatic heterocycles. The van der Waals surface area contributed by atoms with Crippen molar-refractivity contribution in [1.82, 2.24) is 4.90 Å². The minimum absolute atomic E-state index is 0.355. The van der Waals surface area contributed by atoms with Crippen LogP contribution in [0.3, 0.4) is 0 Å². The van der Waals surface area contributed by atoms with Gasteiger partial charge in [0.2, 0.25) is 0 Å². The van der Waals surface area contributed by atoms with Gasteiger partial charge in [0.25, 0.3) is 0 Å². The minimum Gasteiger partial charge on any atom is -0.390 e. The van der Waals surface area contributed by atoms with Crippen LogP contribution in [0.2, 0.25) is 0 Å². The van der Waals surface area contributed by atoms with Gasteiger partial charge in [-0.3, -0.25) is 0 Å². The molecule has 0 saturated heterocycles. The van der Waals surface area contributed by atoms with Gasteiger partial charge in [0.15, 0.2) is 0 Å². The fourth-order valence-electron chi connectivity index (χ4n) is 2.08. The molecule has 1 atom stereocenters. The SMILES string of the molecule is CN(CC(O)CN)C1CCCCC1. The maximum Gasteiger partial charge on any atom is 0.0789 e. The molecular weight excluding hydrogens is 164 g/mol. The highest BCUT2D eigenvalue weighted by Gasteiger charge is 2.19. The summed E-state index contributed by atoms with van der Waals surface area (Å²) in [7, 11) is 2.09. The zero-order valence-corrected chi connectivity index (χ0v) is 8.58. The van der Waals surface area contributed by atoms with Crippen LogP contribution < -0.4 is 5.73 Å². The maximum absolute atomic E-state index is 9.39. The van der Waals surface area contributed by atoms with Crippen LogP contribution in [-0.4, -0.2) is 42.3 Å². The van der Waals surface area contributed by atoms with E-state index in [1.165, 1.54) is 32.1 Å². The standard InChI is InChI=1S/C10H22N2O/c1-12(8-10(13)7-11)9-5-3-2-4-6-9/h9-10,13H,2-8,11H2,1H3. The van der Waals surface area contributed by atoms with Crippen molar-refractivity contribution in [3.05, 3.63) is 0 Å². The number of hydrogen-bond acceptors (Lipinski definition) is 3. The third-order valence-corrected chi connectivity index (χ3v) is 2.97. The van der Waals surface area contributed by atoms with E-state index in [4.69, 9.17) is 5.73 Å². The van der Waals surface area contributed by atoms with Crippen molar-refractivity contribution in [3.8, 4) is 0 Å². The number of nitrogens with two attached hydrogens (primary N) is 1. The highest BCUT2D eigenvalue weighted by Crippen LogP contribution is 2.21. The second-order valence-corrected chi connectivity index (χ2v) is 4.12. The lowest BCUT2D eigenvalue weighted by Gasteiger charge is -2.32. The van der Waals surface area contributed by atoms with E-state index in [0.29, 0.717) is 12.6 Å². The van der Waals surface area contributed by atoms with Crippen LogP contribution >= 0.6 is 0 Å². The minimum atomic E-state index is -0.355. The van der Waals surface area contributed by atoms with Crippen LogP contribution in [0.25, 0.3) is 0 Å². The first-order valence-corrected chi connectivity index (χ1v) is 5.32. The van der Waals surface area contributed by atoms with E-state index in [1.807, 2.05) is 0 Å². The maximum atomic E-state index is 9.39. The molecule has 3 heteroatoms. The molecule has 1 saturated carbocycles. The van der Waals surface area contributed by atoms with Gasteiger partial charge in [-0.15, -0.1) is 0 Å². The summed E-state index contributed by atoms with van der Waals surface area (Å²) in [6, 6.07) is 0.676. The smallest absolute Gasteiger partial charge is 0.0789 e. The molecule has 3 N–H and O–H groups in total. The number of likely N-dealkylation sites (N-methyl/N-ethyl adjacent to an activating group) is 1. The van der Waals surface area contributed by atoms with Gasteiger partial charge in [-0.2, -0.15) is 0 Å². The summed E-state index contributed by atoms with van der Waals surface area (Å²) in [5, 5.41) is 9.39.